The Morgan fingerprint density at radius 1 is 1.43 bits per heavy atom. The Bertz CT molecular complexity index is 434. The van der Waals surface area contributed by atoms with Gasteiger partial charge >= 0.3 is 0 Å². The first kappa shape index (κ1) is 8.97. The number of benzene rings is 1. The highest BCUT2D eigenvalue weighted by Gasteiger charge is 2.07. The van der Waals surface area contributed by atoms with Crippen LogP contribution in [0.2, 0.25) is 0 Å². The highest BCUT2D eigenvalue weighted by molar-refractivity contribution is 5.65. The summed E-state index contributed by atoms with van der Waals surface area (Å²) in [6.07, 6.45) is 1.64. The molecule has 0 atom stereocenters. The Morgan fingerprint density at radius 3 is 3.00 bits per heavy atom. The van der Waals surface area contributed by atoms with Crippen molar-refractivity contribution in [3.63, 3.8) is 0 Å². The number of aryl methyl sites for hydroxylation is 1. The van der Waals surface area contributed by atoms with Gasteiger partial charge in [-0.25, -0.2) is 0 Å². The van der Waals surface area contributed by atoms with Crippen molar-refractivity contribution < 1.29 is 4.52 Å². The minimum Gasteiger partial charge on any atom is -0.364 e. The van der Waals surface area contributed by atoms with Crippen molar-refractivity contribution >= 4 is 0 Å². The summed E-state index contributed by atoms with van der Waals surface area (Å²) >= 11 is 0. The standard InChI is InChI=1S/C11H12N2O/c1-8-3-2-4-9(5-8)10-7-14-13-11(10)6-12/h2-5,7H,6,12H2,1H3. The van der Waals surface area contributed by atoms with E-state index >= 15 is 0 Å². The third kappa shape index (κ3) is 1.54. The van der Waals surface area contributed by atoms with Gasteiger partial charge in [-0.1, -0.05) is 35.0 Å². The largest absolute Gasteiger partial charge is 0.364 e. The first-order valence-electron chi connectivity index (χ1n) is 4.51. The maximum absolute atomic E-state index is 5.55. The third-order valence-corrected chi connectivity index (χ3v) is 2.17. The summed E-state index contributed by atoms with van der Waals surface area (Å²) < 4.78 is 4.90. The fraction of sp³-hybridized carbons (Fsp3) is 0.182. The summed E-state index contributed by atoms with van der Waals surface area (Å²) in [7, 11) is 0. The molecule has 0 spiro atoms. The van der Waals surface area contributed by atoms with Crippen LogP contribution in [0.15, 0.2) is 35.1 Å². The van der Waals surface area contributed by atoms with Crippen LogP contribution in [0.5, 0.6) is 0 Å². The topological polar surface area (TPSA) is 52.0 Å². The molecule has 72 valence electrons. The zero-order valence-corrected chi connectivity index (χ0v) is 8.03. The van der Waals surface area contributed by atoms with Crippen molar-refractivity contribution in [1.29, 1.82) is 0 Å². The molecule has 0 aliphatic carbocycles. The molecule has 2 rings (SSSR count). The van der Waals surface area contributed by atoms with E-state index in [1.807, 2.05) is 12.1 Å². The monoisotopic (exact) mass is 188 g/mol. The van der Waals surface area contributed by atoms with E-state index in [4.69, 9.17) is 10.3 Å². The molecule has 0 saturated heterocycles. The van der Waals surface area contributed by atoms with E-state index in [0.717, 1.165) is 16.8 Å². The van der Waals surface area contributed by atoms with Gasteiger partial charge in [0.1, 0.15) is 12.0 Å². The Balaban J connectivity index is 2.49. The van der Waals surface area contributed by atoms with Crippen LogP contribution in [-0.2, 0) is 6.54 Å². The minimum absolute atomic E-state index is 0.403. The predicted octanol–water partition coefficient (Wildman–Crippen LogP) is 2.11. The molecule has 0 radical (unpaired) electrons. The zero-order chi connectivity index (χ0) is 9.97. The molecular formula is C11H12N2O. The molecule has 0 bridgehead atoms. The SMILES string of the molecule is Cc1cccc(-c2conc2CN)c1. The predicted molar refractivity (Wildman–Crippen MR) is 54.6 cm³/mol. The van der Waals surface area contributed by atoms with Crippen LogP contribution in [0.3, 0.4) is 0 Å². The van der Waals surface area contributed by atoms with Crippen molar-refractivity contribution in [2.45, 2.75) is 13.5 Å². The molecule has 0 saturated carbocycles. The van der Waals surface area contributed by atoms with Crippen LogP contribution >= 0.6 is 0 Å². The van der Waals surface area contributed by atoms with E-state index in [0.29, 0.717) is 6.54 Å². The summed E-state index contributed by atoms with van der Waals surface area (Å²) in [6.45, 7) is 2.46. The maximum Gasteiger partial charge on any atom is 0.131 e. The van der Waals surface area contributed by atoms with Gasteiger partial charge in [-0.15, -0.1) is 0 Å². The second-order valence-electron chi connectivity index (χ2n) is 3.25. The van der Waals surface area contributed by atoms with Gasteiger partial charge in [0.15, 0.2) is 0 Å². The summed E-state index contributed by atoms with van der Waals surface area (Å²) in [6, 6.07) is 8.18. The van der Waals surface area contributed by atoms with Gasteiger partial charge in [-0.05, 0) is 12.5 Å². The van der Waals surface area contributed by atoms with Crippen molar-refractivity contribution in [2.24, 2.45) is 5.73 Å². The van der Waals surface area contributed by atoms with Crippen LogP contribution in [-0.4, -0.2) is 5.16 Å². The second kappa shape index (κ2) is 3.64. The van der Waals surface area contributed by atoms with Crippen molar-refractivity contribution in [1.82, 2.24) is 5.16 Å². The molecule has 2 N–H and O–H groups in total. The molecule has 1 heterocycles. The Morgan fingerprint density at radius 2 is 2.29 bits per heavy atom. The van der Waals surface area contributed by atoms with Gasteiger partial charge < -0.3 is 10.3 Å². The highest BCUT2D eigenvalue weighted by Crippen LogP contribution is 2.23. The Labute approximate surface area is 82.5 Å². The average Bonchev–Trinajstić information content (AvgIpc) is 2.65. The number of aromatic nitrogens is 1. The van der Waals surface area contributed by atoms with Crippen molar-refractivity contribution in [2.75, 3.05) is 0 Å². The van der Waals surface area contributed by atoms with Gasteiger partial charge in [-0.2, -0.15) is 0 Å². The van der Waals surface area contributed by atoms with Gasteiger partial charge in [-0.3, -0.25) is 0 Å². The molecule has 1 aromatic heterocycles. The molecule has 0 aliphatic rings. The van der Waals surface area contributed by atoms with E-state index in [2.05, 4.69) is 24.2 Å². The van der Waals surface area contributed by atoms with E-state index in [-0.39, 0.29) is 0 Å². The third-order valence-electron chi connectivity index (χ3n) is 2.17. The van der Waals surface area contributed by atoms with Crippen LogP contribution < -0.4 is 5.73 Å². The molecule has 0 unspecified atom stereocenters. The first-order valence-corrected chi connectivity index (χ1v) is 4.51. The minimum atomic E-state index is 0.403. The van der Waals surface area contributed by atoms with Crippen LogP contribution in [0, 0.1) is 6.92 Å². The lowest BCUT2D eigenvalue weighted by Gasteiger charge is -2.00. The van der Waals surface area contributed by atoms with Gasteiger partial charge in [0.25, 0.3) is 0 Å². The van der Waals surface area contributed by atoms with Crippen LogP contribution in [0.25, 0.3) is 11.1 Å². The first-order chi connectivity index (χ1) is 6.81. The summed E-state index contributed by atoms with van der Waals surface area (Å²) in [5, 5.41) is 3.84. The molecule has 0 fully saturated rings. The van der Waals surface area contributed by atoms with Crippen LogP contribution in [0.1, 0.15) is 11.3 Å². The quantitative estimate of drug-likeness (QED) is 0.785. The lowest BCUT2D eigenvalue weighted by Crippen LogP contribution is -1.98. The molecular weight excluding hydrogens is 176 g/mol. The summed E-state index contributed by atoms with van der Waals surface area (Å²) in [4.78, 5) is 0. The van der Waals surface area contributed by atoms with Gasteiger partial charge in [0, 0.05) is 12.1 Å². The van der Waals surface area contributed by atoms with E-state index < -0.39 is 0 Å². The molecule has 1 aromatic carbocycles. The normalized spacial score (nSPS) is 10.4. The number of nitrogens with zero attached hydrogens (tertiary/aromatic N) is 1. The van der Waals surface area contributed by atoms with Crippen molar-refractivity contribution in [3.05, 3.63) is 41.8 Å². The lowest BCUT2D eigenvalue weighted by atomic mass is 10.0. The smallest absolute Gasteiger partial charge is 0.131 e. The number of hydrogen-bond acceptors (Lipinski definition) is 3. The molecule has 14 heavy (non-hydrogen) atoms. The zero-order valence-electron chi connectivity index (χ0n) is 8.03. The number of rotatable bonds is 2. The fourth-order valence-corrected chi connectivity index (χ4v) is 1.45. The highest BCUT2D eigenvalue weighted by atomic mass is 16.5. The molecule has 0 amide bonds. The molecule has 3 nitrogen and oxygen atoms in total. The van der Waals surface area contributed by atoms with E-state index in [1.54, 1.807) is 6.26 Å². The second-order valence-corrected chi connectivity index (χ2v) is 3.25. The average molecular weight is 188 g/mol. The lowest BCUT2D eigenvalue weighted by molar-refractivity contribution is 0.412. The summed E-state index contributed by atoms with van der Waals surface area (Å²) in [5.74, 6) is 0. The van der Waals surface area contributed by atoms with Crippen LogP contribution in [0.4, 0.5) is 0 Å². The molecule has 2 aromatic rings. The Kier molecular flexibility index (Phi) is 2.33. The molecule has 3 heteroatoms. The van der Waals surface area contributed by atoms with Gasteiger partial charge in [0.05, 0.1) is 0 Å². The van der Waals surface area contributed by atoms with E-state index in [1.165, 1.54) is 5.56 Å². The number of hydrogen-bond donors (Lipinski definition) is 1. The fourth-order valence-electron chi connectivity index (χ4n) is 1.45. The van der Waals surface area contributed by atoms with Crippen molar-refractivity contribution in [3.8, 4) is 11.1 Å². The van der Waals surface area contributed by atoms with E-state index in [9.17, 15) is 0 Å². The Hall–Kier alpha value is -1.61. The summed E-state index contributed by atoms with van der Waals surface area (Å²) in [5.41, 5.74) is 9.65. The maximum atomic E-state index is 5.55. The van der Waals surface area contributed by atoms with Gasteiger partial charge in [0.2, 0.25) is 0 Å². The molecule has 0 aliphatic heterocycles. The number of nitrogens with two attached hydrogens (primary N) is 1.